The predicted molar refractivity (Wildman–Crippen MR) is 64.4 cm³/mol. The fourth-order valence-electron chi connectivity index (χ4n) is 1.44. The van der Waals surface area contributed by atoms with Gasteiger partial charge in [-0.15, -0.1) is 13.2 Å². The SMILES string of the molecule is C=CCC1(CC=C)OCC(CO)O1.O=S(=O)(O)O. The molecule has 0 saturated carbocycles. The Hall–Kier alpha value is -0.770. The van der Waals surface area contributed by atoms with Gasteiger partial charge >= 0.3 is 10.4 Å². The van der Waals surface area contributed by atoms with E-state index in [1.807, 2.05) is 0 Å². The van der Waals surface area contributed by atoms with Gasteiger partial charge in [0.1, 0.15) is 6.10 Å². The van der Waals surface area contributed by atoms with Crippen LogP contribution in [0.25, 0.3) is 0 Å². The summed E-state index contributed by atoms with van der Waals surface area (Å²) in [7, 11) is -4.67. The third-order valence-corrected chi connectivity index (χ3v) is 2.03. The number of hydrogen-bond donors (Lipinski definition) is 3. The summed E-state index contributed by atoms with van der Waals surface area (Å²) in [5, 5.41) is 8.88. The molecule has 1 saturated heterocycles. The second-order valence-corrected chi connectivity index (χ2v) is 4.47. The van der Waals surface area contributed by atoms with E-state index in [9.17, 15) is 0 Å². The van der Waals surface area contributed by atoms with Gasteiger partial charge in [0.15, 0.2) is 5.79 Å². The van der Waals surface area contributed by atoms with Crippen molar-refractivity contribution in [2.75, 3.05) is 13.2 Å². The van der Waals surface area contributed by atoms with Gasteiger partial charge in [-0.05, 0) is 0 Å². The van der Waals surface area contributed by atoms with Crippen molar-refractivity contribution >= 4 is 10.4 Å². The van der Waals surface area contributed by atoms with Crippen molar-refractivity contribution < 1.29 is 32.1 Å². The van der Waals surface area contributed by atoms with Crippen LogP contribution < -0.4 is 0 Å². The Balaban J connectivity index is 0.000000494. The van der Waals surface area contributed by atoms with Crippen LogP contribution >= 0.6 is 0 Å². The Bertz CT molecular complexity index is 344. The van der Waals surface area contributed by atoms with Gasteiger partial charge in [0.2, 0.25) is 0 Å². The first-order valence-electron chi connectivity index (χ1n) is 5.10. The molecule has 106 valence electrons. The first-order valence-corrected chi connectivity index (χ1v) is 6.50. The van der Waals surface area contributed by atoms with Crippen LogP contribution in [-0.4, -0.2) is 47.7 Å². The monoisotopic (exact) mass is 282 g/mol. The molecule has 1 heterocycles. The van der Waals surface area contributed by atoms with E-state index in [1.54, 1.807) is 12.2 Å². The van der Waals surface area contributed by atoms with E-state index in [1.165, 1.54) is 0 Å². The summed E-state index contributed by atoms with van der Waals surface area (Å²) < 4.78 is 42.6. The molecule has 18 heavy (non-hydrogen) atoms. The van der Waals surface area contributed by atoms with E-state index in [0.29, 0.717) is 19.4 Å². The maximum absolute atomic E-state index is 8.88. The lowest BCUT2D eigenvalue weighted by Crippen LogP contribution is -2.30. The number of rotatable bonds is 5. The summed E-state index contributed by atoms with van der Waals surface area (Å²) in [5.41, 5.74) is 0. The van der Waals surface area contributed by atoms with Crippen molar-refractivity contribution in [3.8, 4) is 0 Å². The minimum Gasteiger partial charge on any atom is -0.394 e. The maximum Gasteiger partial charge on any atom is 0.394 e. The van der Waals surface area contributed by atoms with Gasteiger partial charge in [0.25, 0.3) is 0 Å². The Morgan fingerprint density at radius 2 is 1.72 bits per heavy atom. The number of hydrogen-bond acceptors (Lipinski definition) is 5. The Morgan fingerprint density at radius 1 is 1.28 bits per heavy atom. The standard InChI is InChI=1S/C10H16O3.H2O4S/c1-3-5-10(6-4-2)12-8-9(7-11)13-10;1-5(2,3)4/h3-4,9,11H,1-2,5-8H2;(H2,1,2,3,4). The normalized spacial score (nSPS) is 21.8. The zero-order valence-electron chi connectivity index (χ0n) is 9.86. The van der Waals surface area contributed by atoms with Crippen LogP contribution in [0.3, 0.4) is 0 Å². The number of ether oxygens (including phenoxy) is 2. The molecule has 0 aromatic rings. The molecule has 1 unspecified atom stereocenters. The molecule has 0 aromatic carbocycles. The van der Waals surface area contributed by atoms with Crippen LogP contribution in [0, 0.1) is 0 Å². The summed E-state index contributed by atoms with van der Waals surface area (Å²) in [6.07, 6.45) is 4.54. The van der Waals surface area contributed by atoms with Crippen LogP contribution in [0.5, 0.6) is 0 Å². The molecular weight excluding hydrogens is 264 g/mol. The van der Waals surface area contributed by atoms with Crippen molar-refractivity contribution in [3.05, 3.63) is 25.3 Å². The summed E-state index contributed by atoms with van der Waals surface area (Å²) in [5.74, 6) is -0.628. The van der Waals surface area contributed by atoms with Crippen molar-refractivity contribution in [2.45, 2.75) is 24.7 Å². The van der Waals surface area contributed by atoms with Crippen LogP contribution in [0.15, 0.2) is 25.3 Å². The number of aliphatic hydroxyl groups is 1. The van der Waals surface area contributed by atoms with Gasteiger partial charge in [-0.1, -0.05) is 12.2 Å². The molecule has 1 atom stereocenters. The maximum atomic E-state index is 8.88. The molecule has 3 N–H and O–H groups in total. The Labute approximate surface area is 106 Å². The van der Waals surface area contributed by atoms with Crippen LogP contribution in [-0.2, 0) is 19.9 Å². The van der Waals surface area contributed by atoms with Gasteiger partial charge in [0, 0.05) is 12.8 Å². The lowest BCUT2D eigenvalue weighted by atomic mass is 10.1. The molecule has 1 fully saturated rings. The van der Waals surface area contributed by atoms with Crippen molar-refractivity contribution in [1.29, 1.82) is 0 Å². The molecule has 1 aliphatic heterocycles. The molecule has 8 heteroatoms. The molecule has 0 bridgehead atoms. The van der Waals surface area contributed by atoms with E-state index >= 15 is 0 Å². The van der Waals surface area contributed by atoms with Gasteiger partial charge in [-0.3, -0.25) is 9.11 Å². The first-order chi connectivity index (χ1) is 8.26. The summed E-state index contributed by atoms with van der Waals surface area (Å²) in [4.78, 5) is 0. The van der Waals surface area contributed by atoms with Gasteiger partial charge in [-0.2, -0.15) is 8.42 Å². The van der Waals surface area contributed by atoms with Crippen molar-refractivity contribution in [1.82, 2.24) is 0 Å². The van der Waals surface area contributed by atoms with E-state index in [-0.39, 0.29) is 12.7 Å². The van der Waals surface area contributed by atoms with Crippen molar-refractivity contribution in [3.63, 3.8) is 0 Å². The first kappa shape index (κ1) is 17.2. The highest BCUT2D eigenvalue weighted by atomic mass is 32.3. The average Bonchev–Trinajstić information content (AvgIpc) is 2.60. The van der Waals surface area contributed by atoms with Gasteiger partial charge in [-0.25, -0.2) is 0 Å². The topological polar surface area (TPSA) is 113 Å². The second kappa shape index (κ2) is 7.62. The largest absolute Gasteiger partial charge is 0.394 e. The third-order valence-electron chi connectivity index (χ3n) is 2.03. The molecule has 1 rings (SSSR count). The predicted octanol–water partition coefficient (Wildman–Crippen LogP) is 0.590. The average molecular weight is 282 g/mol. The second-order valence-electron chi connectivity index (χ2n) is 3.58. The molecule has 0 aliphatic carbocycles. The molecule has 7 nitrogen and oxygen atoms in total. The molecule has 0 radical (unpaired) electrons. The smallest absolute Gasteiger partial charge is 0.394 e. The summed E-state index contributed by atoms with van der Waals surface area (Å²) in [6, 6.07) is 0. The fraction of sp³-hybridized carbons (Fsp3) is 0.600. The highest BCUT2D eigenvalue weighted by Gasteiger charge is 2.38. The molecule has 0 amide bonds. The minimum absolute atomic E-state index is 0.00393. The lowest BCUT2D eigenvalue weighted by molar-refractivity contribution is -0.166. The quantitative estimate of drug-likeness (QED) is 0.499. The molecule has 0 spiro atoms. The zero-order chi connectivity index (χ0) is 14.2. The molecular formula is C10H18O7S. The van der Waals surface area contributed by atoms with Crippen molar-refractivity contribution in [2.24, 2.45) is 0 Å². The van der Waals surface area contributed by atoms with Gasteiger partial charge < -0.3 is 14.6 Å². The van der Waals surface area contributed by atoms with E-state index in [0.717, 1.165) is 0 Å². The summed E-state index contributed by atoms with van der Waals surface area (Å²) >= 11 is 0. The van der Waals surface area contributed by atoms with Crippen LogP contribution in [0.4, 0.5) is 0 Å². The summed E-state index contributed by atoms with van der Waals surface area (Å²) in [6.45, 7) is 7.73. The van der Waals surface area contributed by atoms with E-state index in [2.05, 4.69) is 13.2 Å². The third kappa shape index (κ3) is 7.54. The van der Waals surface area contributed by atoms with Crippen LogP contribution in [0.1, 0.15) is 12.8 Å². The highest BCUT2D eigenvalue weighted by molar-refractivity contribution is 7.79. The Kier molecular flexibility index (Phi) is 7.29. The number of aliphatic hydroxyl groups excluding tert-OH is 1. The van der Waals surface area contributed by atoms with E-state index < -0.39 is 16.2 Å². The lowest BCUT2D eigenvalue weighted by Gasteiger charge is -2.25. The fourth-order valence-corrected chi connectivity index (χ4v) is 1.44. The minimum atomic E-state index is -4.67. The van der Waals surface area contributed by atoms with Gasteiger partial charge in [0.05, 0.1) is 13.2 Å². The van der Waals surface area contributed by atoms with E-state index in [4.69, 9.17) is 32.1 Å². The van der Waals surface area contributed by atoms with Crippen LogP contribution in [0.2, 0.25) is 0 Å². The zero-order valence-corrected chi connectivity index (χ0v) is 10.7. The Morgan fingerprint density at radius 3 is 2.00 bits per heavy atom. The highest BCUT2D eigenvalue weighted by Crippen LogP contribution is 2.31. The molecule has 0 aromatic heterocycles. The molecule has 1 aliphatic rings.